The Bertz CT molecular complexity index is 262. The van der Waals surface area contributed by atoms with E-state index in [0.717, 1.165) is 45.2 Å². The summed E-state index contributed by atoms with van der Waals surface area (Å²) >= 11 is 0. The second kappa shape index (κ2) is 4.72. The molecule has 2 aliphatic rings. The van der Waals surface area contributed by atoms with E-state index < -0.39 is 0 Å². The first-order chi connectivity index (χ1) is 7.68. The Morgan fingerprint density at radius 3 is 2.94 bits per heavy atom. The van der Waals surface area contributed by atoms with Crippen LogP contribution in [0.2, 0.25) is 0 Å². The number of carbonyl (C=O) groups excluding carboxylic acids is 1. The number of β-amino-alcohol motifs (C(OH)–C–C–N with tert-alkyl or cyclic N) is 1. The third-order valence-corrected chi connectivity index (χ3v) is 3.94. The van der Waals surface area contributed by atoms with Gasteiger partial charge in [0, 0.05) is 13.1 Å². The van der Waals surface area contributed by atoms with E-state index in [1.807, 2.05) is 4.90 Å². The van der Waals surface area contributed by atoms with Crippen molar-refractivity contribution in [2.75, 3.05) is 19.6 Å². The number of carbonyl (C=O) groups is 1. The van der Waals surface area contributed by atoms with Gasteiger partial charge in [-0.25, -0.2) is 0 Å². The van der Waals surface area contributed by atoms with Gasteiger partial charge in [0.15, 0.2) is 0 Å². The van der Waals surface area contributed by atoms with Crippen molar-refractivity contribution in [3.05, 3.63) is 0 Å². The van der Waals surface area contributed by atoms with Crippen LogP contribution in [-0.2, 0) is 4.79 Å². The molecule has 92 valence electrons. The minimum atomic E-state index is -0.336. The number of amides is 1. The molecule has 0 aliphatic carbocycles. The van der Waals surface area contributed by atoms with Gasteiger partial charge in [0.05, 0.1) is 11.6 Å². The molecule has 2 fully saturated rings. The third kappa shape index (κ3) is 2.09. The molecule has 2 heterocycles. The molecule has 0 aromatic heterocycles. The maximum Gasteiger partial charge on any atom is 0.242 e. The molecular formula is C12H22N2O2. The molecule has 2 rings (SSSR count). The number of piperidine rings is 1. The molecule has 0 aromatic rings. The van der Waals surface area contributed by atoms with Crippen LogP contribution in [0.1, 0.15) is 39.0 Å². The first kappa shape index (κ1) is 11.9. The normalized spacial score (nSPS) is 35.4. The average molecular weight is 226 g/mol. The van der Waals surface area contributed by atoms with Crippen molar-refractivity contribution in [1.82, 2.24) is 10.2 Å². The summed E-state index contributed by atoms with van der Waals surface area (Å²) in [5.74, 6) is 0.200. The lowest BCUT2D eigenvalue weighted by Gasteiger charge is -2.37. The predicted octanol–water partition coefficient (Wildman–Crippen LogP) is 0.502. The average Bonchev–Trinajstić information content (AvgIpc) is 2.78. The number of nitrogens with zero attached hydrogens (tertiary/aromatic N) is 1. The highest BCUT2D eigenvalue weighted by molar-refractivity contribution is 5.86. The highest BCUT2D eigenvalue weighted by Gasteiger charge is 2.42. The van der Waals surface area contributed by atoms with Gasteiger partial charge in [-0.3, -0.25) is 4.79 Å². The number of rotatable bonds is 2. The SMILES string of the molecule is CCC1(C(=O)N2CCC[C@H](O)C2)CCCN1. The summed E-state index contributed by atoms with van der Waals surface area (Å²) in [6, 6.07) is 0. The molecule has 1 amide bonds. The van der Waals surface area contributed by atoms with E-state index in [0.29, 0.717) is 6.54 Å². The minimum Gasteiger partial charge on any atom is -0.391 e. The predicted molar refractivity (Wildman–Crippen MR) is 62.1 cm³/mol. The highest BCUT2D eigenvalue weighted by Crippen LogP contribution is 2.26. The Balaban J connectivity index is 2.04. The smallest absolute Gasteiger partial charge is 0.242 e. The van der Waals surface area contributed by atoms with E-state index in [4.69, 9.17) is 0 Å². The Hall–Kier alpha value is -0.610. The van der Waals surface area contributed by atoms with Gasteiger partial charge in [0.1, 0.15) is 0 Å². The summed E-state index contributed by atoms with van der Waals surface area (Å²) in [6.45, 7) is 4.33. The van der Waals surface area contributed by atoms with Gasteiger partial charge in [-0.2, -0.15) is 0 Å². The van der Waals surface area contributed by atoms with Crippen LogP contribution in [-0.4, -0.2) is 47.2 Å². The summed E-state index contributed by atoms with van der Waals surface area (Å²) in [5.41, 5.74) is -0.336. The van der Waals surface area contributed by atoms with Crippen LogP contribution in [0.3, 0.4) is 0 Å². The van der Waals surface area contributed by atoms with E-state index >= 15 is 0 Å². The first-order valence-electron chi connectivity index (χ1n) is 6.40. The third-order valence-electron chi connectivity index (χ3n) is 3.94. The molecule has 4 nitrogen and oxygen atoms in total. The largest absolute Gasteiger partial charge is 0.391 e. The van der Waals surface area contributed by atoms with Crippen molar-refractivity contribution in [1.29, 1.82) is 0 Å². The van der Waals surface area contributed by atoms with Gasteiger partial charge in [0.2, 0.25) is 5.91 Å². The van der Waals surface area contributed by atoms with Gasteiger partial charge in [-0.15, -0.1) is 0 Å². The van der Waals surface area contributed by atoms with Crippen molar-refractivity contribution >= 4 is 5.91 Å². The zero-order chi connectivity index (χ0) is 11.6. The second-order valence-electron chi connectivity index (χ2n) is 5.01. The molecule has 2 aliphatic heterocycles. The van der Waals surface area contributed by atoms with Crippen molar-refractivity contribution in [3.8, 4) is 0 Å². The maximum atomic E-state index is 12.5. The Labute approximate surface area is 97.0 Å². The molecule has 0 saturated carbocycles. The van der Waals surface area contributed by atoms with Crippen LogP contribution in [0, 0.1) is 0 Å². The van der Waals surface area contributed by atoms with Crippen molar-refractivity contribution in [3.63, 3.8) is 0 Å². The molecule has 0 bridgehead atoms. The molecule has 0 radical (unpaired) electrons. The van der Waals surface area contributed by atoms with Crippen LogP contribution < -0.4 is 5.32 Å². The van der Waals surface area contributed by atoms with Crippen LogP contribution in [0.15, 0.2) is 0 Å². The molecule has 0 aromatic carbocycles. The lowest BCUT2D eigenvalue weighted by molar-refractivity contribution is -0.141. The van der Waals surface area contributed by atoms with E-state index in [-0.39, 0.29) is 17.6 Å². The van der Waals surface area contributed by atoms with Crippen LogP contribution in [0.5, 0.6) is 0 Å². The van der Waals surface area contributed by atoms with Crippen LogP contribution in [0.4, 0.5) is 0 Å². The summed E-state index contributed by atoms with van der Waals surface area (Å²) < 4.78 is 0. The summed E-state index contributed by atoms with van der Waals surface area (Å²) in [6.07, 6.45) is 4.29. The van der Waals surface area contributed by atoms with Crippen LogP contribution >= 0.6 is 0 Å². The molecule has 16 heavy (non-hydrogen) atoms. The van der Waals surface area contributed by atoms with Gasteiger partial charge >= 0.3 is 0 Å². The van der Waals surface area contributed by atoms with E-state index in [1.165, 1.54) is 0 Å². The highest BCUT2D eigenvalue weighted by atomic mass is 16.3. The van der Waals surface area contributed by atoms with Gasteiger partial charge in [-0.1, -0.05) is 6.92 Å². The lowest BCUT2D eigenvalue weighted by Crippen LogP contribution is -2.57. The minimum absolute atomic E-state index is 0.200. The van der Waals surface area contributed by atoms with E-state index in [1.54, 1.807) is 0 Å². The van der Waals surface area contributed by atoms with E-state index in [9.17, 15) is 9.90 Å². The fraction of sp³-hybridized carbons (Fsp3) is 0.917. The molecule has 2 atom stereocenters. The quantitative estimate of drug-likeness (QED) is 0.721. The fourth-order valence-corrected chi connectivity index (χ4v) is 2.88. The monoisotopic (exact) mass is 226 g/mol. The Kier molecular flexibility index (Phi) is 3.50. The molecule has 4 heteroatoms. The molecule has 0 spiro atoms. The van der Waals surface area contributed by atoms with Crippen molar-refractivity contribution in [2.24, 2.45) is 0 Å². The number of aliphatic hydroxyl groups excluding tert-OH is 1. The molecule has 2 saturated heterocycles. The van der Waals surface area contributed by atoms with Gasteiger partial charge < -0.3 is 15.3 Å². The summed E-state index contributed by atoms with van der Waals surface area (Å²) in [5, 5.41) is 13.0. The number of hydrogen-bond acceptors (Lipinski definition) is 3. The van der Waals surface area contributed by atoms with Crippen LogP contribution in [0.25, 0.3) is 0 Å². The number of aliphatic hydroxyl groups is 1. The summed E-state index contributed by atoms with van der Waals surface area (Å²) in [4.78, 5) is 14.3. The van der Waals surface area contributed by atoms with Crippen molar-refractivity contribution < 1.29 is 9.90 Å². The zero-order valence-corrected chi connectivity index (χ0v) is 10.0. The molecule has 1 unspecified atom stereocenters. The van der Waals surface area contributed by atoms with E-state index in [2.05, 4.69) is 12.2 Å². The first-order valence-corrected chi connectivity index (χ1v) is 6.40. The zero-order valence-electron chi connectivity index (χ0n) is 10.0. The fourth-order valence-electron chi connectivity index (χ4n) is 2.88. The second-order valence-corrected chi connectivity index (χ2v) is 5.01. The number of hydrogen-bond donors (Lipinski definition) is 2. The lowest BCUT2D eigenvalue weighted by atomic mass is 9.91. The standard InChI is InChI=1S/C12H22N2O2/c1-2-12(6-4-7-13-12)11(16)14-8-3-5-10(15)9-14/h10,13,15H,2-9H2,1H3/t10-,12?/m0/s1. The van der Waals surface area contributed by atoms with Crippen molar-refractivity contribution in [2.45, 2.75) is 50.7 Å². The maximum absolute atomic E-state index is 12.5. The Morgan fingerprint density at radius 2 is 2.38 bits per heavy atom. The summed E-state index contributed by atoms with van der Waals surface area (Å²) in [7, 11) is 0. The van der Waals surface area contributed by atoms with Gasteiger partial charge in [0.25, 0.3) is 0 Å². The number of nitrogens with one attached hydrogen (secondary N) is 1. The Morgan fingerprint density at radius 1 is 1.56 bits per heavy atom. The number of likely N-dealkylation sites (tertiary alicyclic amines) is 1. The topological polar surface area (TPSA) is 52.6 Å². The van der Waals surface area contributed by atoms with Gasteiger partial charge in [-0.05, 0) is 38.6 Å². The molecule has 2 N–H and O–H groups in total. The molecular weight excluding hydrogens is 204 g/mol.